The summed E-state index contributed by atoms with van der Waals surface area (Å²) in [6, 6.07) is 17.5. The first-order valence-electron chi connectivity index (χ1n) is 8.08. The molecular weight excluding hydrogens is 355 g/mol. The molecule has 2 aromatic carbocycles. The number of pyridine rings is 1. The SMILES string of the molecule is CN(c1ccccc1)c1ccnc(C(=O)Nc2ccccc2C(F)(F)F)c1. The Morgan fingerprint density at radius 1 is 0.963 bits per heavy atom. The molecule has 3 aromatic rings. The second-order valence-electron chi connectivity index (χ2n) is 5.79. The van der Waals surface area contributed by atoms with Gasteiger partial charge in [0.25, 0.3) is 5.91 Å². The molecule has 4 nitrogen and oxygen atoms in total. The summed E-state index contributed by atoms with van der Waals surface area (Å²) in [6.45, 7) is 0. The lowest BCUT2D eigenvalue weighted by Gasteiger charge is -2.20. The maximum Gasteiger partial charge on any atom is 0.418 e. The maximum absolute atomic E-state index is 13.1. The number of hydrogen-bond acceptors (Lipinski definition) is 3. The smallest absolute Gasteiger partial charge is 0.345 e. The molecule has 0 bridgehead atoms. The number of amides is 1. The molecule has 0 radical (unpaired) electrons. The van der Waals surface area contributed by atoms with Crippen LogP contribution in [0.15, 0.2) is 72.9 Å². The number of carbonyl (C=O) groups is 1. The molecule has 0 saturated heterocycles. The van der Waals surface area contributed by atoms with Gasteiger partial charge in [-0.15, -0.1) is 0 Å². The Labute approximate surface area is 154 Å². The normalized spacial score (nSPS) is 11.1. The number of nitrogens with one attached hydrogen (secondary N) is 1. The van der Waals surface area contributed by atoms with E-state index in [0.29, 0.717) is 5.69 Å². The first-order valence-corrected chi connectivity index (χ1v) is 8.08. The van der Waals surface area contributed by atoms with Gasteiger partial charge < -0.3 is 10.2 Å². The summed E-state index contributed by atoms with van der Waals surface area (Å²) in [5.41, 5.74) is 0.393. The van der Waals surface area contributed by atoms with Gasteiger partial charge in [-0.3, -0.25) is 9.78 Å². The van der Waals surface area contributed by atoms with Gasteiger partial charge >= 0.3 is 6.18 Å². The van der Waals surface area contributed by atoms with Crippen molar-refractivity contribution in [2.75, 3.05) is 17.3 Å². The fourth-order valence-electron chi connectivity index (χ4n) is 2.58. The van der Waals surface area contributed by atoms with Crippen LogP contribution in [0.1, 0.15) is 16.1 Å². The summed E-state index contributed by atoms with van der Waals surface area (Å²) in [4.78, 5) is 18.3. The van der Waals surface area contributed by atoms with Gasteiger partial charge in [0.05, 0.1) is 11.3 Å². The van der Waals surface area contributed by atoms with Gasteiger partial charge in [-0.25, -0.2) is 0 Å². The number of halogens is 3. The monoisotopic (exact) mass is 371 g/mol. The van der Waals surface area contributed by atoms with Crippen molar-refractivity contribution in [1.29, 1.82) is 0 Å². The highest BCUT2D eigenvalue weighted by atomic mass is 19.4. The van der Waals surface area contributed by atoms with Crippen LogP contribution in [0.3, 0.4) is 0 Å². The highest BCUT2D eigenvalue weighted by molar-refractivity contribution is 6.03. The van der Waals surface area contributed by atoms with E-state index in [1.807, 2.05) is 42.3 Å². The van der Waals surface area contributed by atoms with E-state index >= 15 is 0 Å². The molecule has 7 heteroatoms. The van der Waals surface area contributed by atoms with Crippen LogP contribution in [0.4, 0.5) is 30.2 Å². The van der Waals surface area contributed by atoms with Crippen molar-refractivity contribution in [3.8, 4) is 0 Å². The molecule has 0 fully saturated rings. The largest absolute Gasteiger partial charge is 0.418 e. The van der Waals surface area contributed by atoms with E-state index in [0.717, 1.165) is 11.8 Å². The number of hydrogen-bond donors (Lipinski definition) is 1. The van der Waals surface area contributed by atoms with E-state index < -0.39 is 17.6 Å². The number of benzene rings is 2. The average Bonchev–Trinajstić information content (AvgIpc) is 2.68. The molecule has 1 heterocycles. The van der Waals surface area contributed by atoms with Crippen LogP contribution in [0.2, 0.25) is 0 Å². The van der Waals surface area contributed by atoms with Crippen LogP contribution in [-0.4, -0.2) is 17.9 Å². The molecule has 0 spiro atoms. The van der Waals surface area contributed by atoms with E-state index in [9.17, 15) is 18.0 Å². The summed E-state index contributed by atoms with van der Waals surface area (Å²) < 4.78 is 39.3. The third-order valence-electron chi connectivity index (χ3n) is 3.99. The molecule has 27 heavy (non-hydrogen) atoms. The predicted molar refractivity (Wildman–Crippen MR) is 98.1 cm³/mol. The molecule has 1 N–H and O–H groups in total. The van der Waals surface area contributed by atoms with Gasteiger partial charge in [0.2, 0.25) is 0 Å². The van der Waals surface area contributed by atoms with Crippen LogP contribution in [-0.2, 0) is 6.18 Å². The number of carbonyl (C=O) groups excluding carboxylic acids is 1. The minimum absolute atomic E-state index is 0.0206. The van der Waals surface area contributed by atoms with Gasteiger partial charge in [0.1, 0.15) is 5.69 Å². The van der Waals surface area contributed by atoms with Gasteiger partial charge in [0.15, 0.2) is 0 Å². The Bertz CT molecular complexity index is 942. The van der Waals surface area contributed by atoms with Crippen LogP contribution in [0.5, 0.6) is 0 Å². The zero-order valence-electron chi connectivity index (χ0n) is 14.4. The Morgan fingerprint density at radius 3 is 2.33 bits per heavy atom. The maximum atomic E-state index is 13.1. The first kappa shape index (κ1) is 18.4. The number of anilines is 3. The zero-order valence-corrected chi connectivity index (χ0v) is 14.4. The number of para-hydroxylation sites is 2. The molecular formula is C20H16F3N3O. The summed E-state index contributed by atoms with van der Waals surface area (Å²) in [5, 5.41) is 2.30. The highest BCUT2D eigenvalue weighted by Gasteiger charge is 2.33. The van der Waals surface area contributed by atoms with Crippen molar-refractivity contribution in [3.63, 3.8) is 0 Å². The average molecular weight is 371 g/mol. The van der Waals surface area contributed by atoms with Crippen molar-refractivity contribution in [2.24, 2.45) is 0 Å². The van der Waals surface area contributed by atoms with E-state index in [1.54, 1.807) is 6.07 Å². The molecule has 138 valence electrons. The van der Waals surface area contributed by atoms with Crippen LogP contribution in [0, 0.1) is 0 Å². The minimum Gasteiger partial charge on any atom is -0.345 e. The Kier molecular flexibility index (Phi) is 5.12. The van der Waals surface area contributed by atoms with E-state index in [2.05, 4.69) is 10.3 Å². The highest BCUT2D eigenvalue weighted by Crippen LogP contribution is 2.34. The second kappa shape index (κ2) is 7.49. The molecule has 3 rings (SSSR count). The summed E-state index contributed by atoms with van der Waals surface area (Å²) in [6.07, 6.45) is -3.12. The predicted octanol–water partition coefficient (Wildman–Crippen LogP) is 5.12. The Balaban J connectivity index is 1.85. The topological polar surface area (TPSA) is 45.2 Å². The third kappa shape index (κ3) is 4.25. The minimum atomic E-state index is -4.56. The van der Waals surface area contributed by atoms with Gasteiger partial charge in [-0.1, -0.05) is 30.3 Å². The van der Waals surface area contributed by atoms with Crippen molar-refractivity contribution >= 4 is 23.0 Å². The van der Waals surface area contributed by atoms with Crippen LogP contribution >= 0.6 is 0 Å². The molecule has 0 atom stereocenters. The standard InChI is InChI=1S/C20H16F3N3O/c1-26(14-7-3-2-4-8-14)15-11-12-24-18(13-15)19(27)25-17-10-6-5-9-16(17)20(21,22)23/h2-13H,1H3,(H,25,27). The van der Waals surface area contributed by atoms with Crippen molar-refractivity contribution in [2.45, 2.75) is 6.18 Å². The second-order valence-corrected chi connectivity index (χ2v) is 5.79. The van der Waals surface area contributed by atoms with E-state index in [1.165, 1.54) is 30.5 Å². The molecule has 1 aromatic heterocycles. The van der Waals surface area contributed by atoms with Gasteiger partial charge in [0, 0.05) is 24.6 Å². The molecule has 0 aliphatic heterocycles. The summed E-state index contributed by atoms with van der Waals surface area (Å²) in [5.74, 6) is -0.713. The lowest BCUT2D eigenvalue weighted by atomic mass is 10.1. The summed E-state index contributed by atoms with van der Waals surface area (Å²) >= 11 is 0. The van der Waals surface area contributed by atoms with Crippen molar-refractivity contribution in [1.82, 2.24) is 4.98 Å². The summed E-state index contributed by atoms with van der Waals surface area (Å²) in [7, 11) is 1.82. The molecule has 0 unspecified atom stereocenters. The third-order valence-corrected chi connectivity index (χ3v) is 3.99. The van der Waals surface area contributed by atoms with Crippen molar-refractivity contribution in [3.05, 3.63) is 84.2 Å². The van der Waals surface area contributed by atoms with Gasteiger partial charge in [-0.05, 0) is 36.4 Å². The molecule has 0 aliphatic rings. The number of aromatic nitrogens is 1. The lowest BCUT2D eigenvalue weighted by molar-refractivity contribution is -0.136. The molecule has 0 saturated carbocycles. The van der Waals surface area contributed by atoms with Gasteiger partial charge in [-0.2, -0.15) is 13.2 Å². The Hall–Kier alpha value is -3.35. The fraction of sp³-hybridized carbons (Fsp3) is 0.100. The number of rotatable bonds is 4. The molecule has 0 aliphatic carbocycles. The molecule has 1 amide bonds. The van der Waals surface area contributed by atoms with Crippen LogP contribution < -0.4 is 10.2 Å². The number of nitrogens with zero attached hydrogens (tertiary/aromatic N) is 2. The fourth-order valence-corrected chi connectivity index (χ4v) is 2.58. The Morgan fingerprint density at radius 2 is 1.63 bits per heavy atom. The van der Waals surface area contributed by atoms with Crippen LogP contribution in [0.25, 0.3) is 0 Å². The van der Waals surface area contributed by atoms with Crippen molar-refractivity contribution < 1.29 is 18.0 Å². The first-order chi connectivity index (χ1) is 12.9. The quantitative estimate of drug-likeness (QED) is 0.692. The van der Waals surface area contributed by atoms with E-state index in [-0.39, 0.29) is 11.4 Å². The van der Waals surface area contributed by atoms with E-state index in [4.69, 9.17) is 0 Å². The lowest BCUT2D eigenvalue weighted by Crippen LogP contribution is -2.18. The number of alkyl halides is 3. The zero-order chi connectivity index (χ0) is 19.4.